The number of hydrogen-bond acceptors (Lipinski definition) is 7. The molecule has 1 N–H and O–H groups in total. The molecule has 158 valence electrons. The summed E-state index contributed by atoms with van der Waals surface area (Å²) in [5.74, 6) is -0.746. The Morgan fingerprint density at radius 2 is 1.90 bits per heavy atom. The Kier molecular flexibility index (Phi) is 7.34. The molecule has 0 atom stereocenters. The maximum absolute atomic E-state index is 12.6. The van der Waals surface area contributed by atoms with E-state index in [0.29, 0.717) is 37.7 Å². The molecule has 9 nitrogen and oxygen atoms in total. The highest BCUT2D eigenvalue weighted by Crippen LogP contribution is 2.12. The van der Waals surface area contributed by atoms with E-state index in [-0.39, 0.29) is 36.3 Å². The number of imidazole rings is 1. The third-order valence-electron chi connectivity index (χ3n) is 4.33. The molecule has 9 heteroatoms. The Morgan fingerprint density at radius 1 is 1.17 bits per heavy atom. The van der Waals surface area contributed by atoms with Gasteiger partial charge >= 0.3 is 5.97 Å². The Bertz CT molecular complexity index is 916. The van der Waals surface area contributed by atoms with Gasteiger partial charge in [0.25, 0.3) is 5.91 Å². The van der Waals surface area contributed by atoms with Crippen molar-refractivity contribution in [1.82, 2.24) is 14.9 Å². The van der Waals surface area contributed by atoms with E-state index in [2.05, 4.69) is 9.97 Å². The number of aromatic nitrogens is 2. The zero-order chi connectivity index (χ0) is 21.3. The fourth-order valence-electron chi connectivity index (χ4n) is 2.80. The number of amides is 1. The number of H-pyrrole nitrogens is 1. The molecule has 2 heterocycles. The van der Waals surface area contributed by atoms with Gasteiger partial charge in [0, 0.05) is 13.1 Å². The van der Waals surface area contributed by atoms with Crippen LogP contribution in [0.5, 0.6) is 5.75 Å². The lowest BCUT2D eigenvalue weighted by Crippen LogP contribution is -2.42. The lowest BCUT2D eigenvalue weighted by Gasteiger charge is -2.27. The predicted octanol–water partition coefficient (Wildman–Crippen LogP) is 1.48. The number of morpholine rings is 1. The Morgan fingerprint density at radius 3 is 2.60 bits per heavy atom. The number of nitrogens with one attached hydrogen (secondary N) is 1. The maximum Gasteiger partial charge on any atom is 0.374 e. The minimum atomic E-state index is -0.657. The first-order chi connectivity index (χ1) is 14.5. The molecule has 1 amide bonds. The van der Waals surface area contributed by atoms with Gasteiger partial charge in [0.1, 0.15) is 19.0 Å². The van der Waals surface area contributed by atoms with E-state index < -0.39 is 5.97 Å². The van der Waals surface area contributed by atoms with Crippen molar-refractivity contribution < 1.29 is 28.6 Å². The summed E-state index contributed by atoms with van der Waals surface area (Å²) in [5, 5.41) is 0. The van der Waals surface area contributed by atoms with Crippen LogP contribution >= 0.6 is 0 Å². The number of nitrogens with zero attached hydrogens (tertiary/aromatic N) is 2. The summed E-state index contributed by atoms with van der Waals surface area (Å²) in [5.41, 5.74) is 0.367. The largest absolute Gasteiger partial charge is 0.490 e. The zero-order valence-electron chi connectivity index (χ0n) is 16.6. The number of esters is 1. The van der Waals surface area contributed by atoms with Crippen LogP contribution in [0.15, 0.2) is 42.1 Å². The van der Waals surface area contributed by atoms with Crippen molar-refractivity contribution in [3.05, 3.63) is 53.6 Å². The topological polar surface area (TPSA) is 111 Å². The van der Waals surface area contributed by atoms with Crippen LogP contribution in [-0.4, -0.2) is 72.0 Å². The Balaban J connectivity index is 1.57. The SMILES string of the molecule is CC(=O)C(=Cc1cnc(C(=O)OCCOc2ccccc2)[nH]1)C(=O)N1CCOCC1. The van der Waals surface area contributed by atoms with E-state index in [1.807, 2.05) is 18.2 Å². The van der Waals surface area contributed by atoms with Crippen molar-refractivity contribution in [2.24, 2.45) is 0 Å². The fourth-order valence-corrected chi connectivity index (χ4v) is 2.80. The number of benzene rings is 1. The highest BCUT2D eigenvalue weighted by atomic mass is 16.6. The minimum Gasteiger partial charge on any atom is -0.490 e. The standard InChI is InChI=1S/C21H23N3O6/c1-15(25)18(20(26)24-7-9-28-10-8-24)13-16-14-22-19(23-16)21(27)30-12-11-29-17-5-3-2-4-6-17/h2-6,13-14H,7-12H2,1H3,(H,22,23). The van der Waals surface area contributed by atoms with Gasteiger partial charge in [-0.25, -0.2) is 9.78 Å². The lowest BCUT2D eigenvalue weighted by molar-refractivity contribution is -0.132. The van der Waals surface area contributed by atoms with Gasteiger partial charge in [0.2, 0.25) is 5.82 Å². The van der Waals surface area contributed by atoms with Crippen LogP contribution in [0.4, 0.5) is 0 Å². The van der Waals surface area contributed by atoms with E-state index in [4.69, 9.17) is 14.2 Å². The smallest absolute Gasteiger partial charge is 0.374 e. The number of aromatic amines is 1. The molecule has 1 fully saturated rings. The number of ketones is 1. The predicted molar refractivity (Wildman–Crippen MR) is 107 cm³/mol. The van der Waals surface area contributed by atoms with E-state index in [0.717, 1.165) is 0 Å². The first-order valence-corrected chi connectivity index (χ1v) is 9.54. The van der Waals surface area contributed by atoms with Crippen molar-refractivity contribution in [2.45, 2.75) is 6.92 Å². The average Bonchev–Trinajstić information content (AvgIpc) is 3.24. The van der Waals surface area contributed by atoms with Gasteiger partial charge in [-0.2, -0.15) is 0 Å². The molecular weight excluding hydrogens is 390 g/mol. The number of carbonyl (C=O) groups excluding carboxylic acids is 3. The van der Waals surface area contributed by atoms with E-state index >= 15 is 0 Å². The number of ether oxygens (including phenoxy) is 3. The highest BCUT2D eigenvalue weighted by molar-refractivity contribution is 6.21. The lowest BCUT2D eigenvalue weighted by atomic mass is 10.1. The van der Waals surface area contributed by atoms with E-state index in [9.17, 15) is 14.4 Å². The number of hydrogen-bond donors (Lipinski definition) is 1. The summed E-state index contributed by atoms with van der Waals surface area (Å²) in [6.07, 6.45) is 2.76. The molecule has 0 spiro atoms. The van der Waals surface area contributed by atoms with Crippen LogP contribution < -0.4 is 4.74 Å². The highest BCUT2D eigenvalue weighted by Gasteiger charge is 2.23. The van der Waals surface area contributed by atoms with E-state index in [1.54, 1.807) is 17.0 Å². The van der Waals surface area contributed by atoms with Gasteiger partial charge in [-0.15, -0.1) is 0 Å². The van der Waals surface area contributed by atoms with Crippen LogP contribution in [0.25, 0.3) is 6.08 Å². The minimum absolute atomic E-state index is 0.0109. The van der Waals surface area contributed by atoms with Crippen molar-refractivity contribution in [1.29, 1.82) is 0 Å². The third-order valence-corrected chi connectivity index (χ3v) is 4.33. The summed E-state index contributed by atoms with van der Waals surface area (Å²) >= 11 is 0. The number of carbonyl (C=O) groups is 3. The molecule has 1 aromatic carbocycles. The molecular formula is C21H23N3O6. The average molecular weight is 413 g/mol. The molecule has 1 aromatic heterocycles. The summed E-state index contributed by atoms with van der Waals surface area (Å²) < 4.78 is 15.8. The molecule has 0 radical (unpaired) electrons. The molecule has 0 unspecified atom stereocenters. The quantitative estimate of drug-likeness (QED) is 0.229. The first-order valence-electron chi connectivity index (χ1n) is 9.54. The number of rotatable bonds is 8. The maximum atomic E-state index is 12.6. The molecule has 0 aliphatic carbocycles. The summed E-state index contributed by atoms with van der Waals surface area (Å²) in [6.45, 7) is 3.29. The summed E-state index contributed by atoms with van der Waals surface area (Å²) in [4.78, 5) is 45.0. The second-order valence-corrected chi connectivity index (χ2v) is 6.50. The summed E-state index contributed by atoms with van der Waals surface area (Å²) in [6, 6.07) is 9.17. The van der Waals surface area contributed by atoms with Crippen molar-refractivity contribution >= 4 is 23.7 Å². The van der Waals surface area contributed by atoms with Crippen molar-refractivity contribution in [3.63, 3.8) is 0 Å². The number of Topliss-reactive ketones (excluding diaryl/α,β-unsaturated/α-hetero) is 1. The van der Waals surface area contributed by atoms with Crippen LogP contribution in [0.3, 0.4) is 0 Å². The third kappa shape index (κ3) is 5.77. The normalized spacial score (nSPS) is 14.3. The second-order valence-electron chi connectivity index (χ2n) is 6.50. The van der Waals surface area contributed by atoms with Crippen LogP contribution in [0, 0.1) is 0 Å². The Labute approximate surface area is 173 Å². The van der Waals surface area contributed by atoms with Gasteiger partial charge in [-0.1, -0.05) is 18.2 Å². The van der Waals surface area contributed by atoms with Gasteiger partial charge in [-0.05, 0) is 25.1 Å². The molecule has 1 saturated heterocycles. The molecule has 30 heavy (non-hydrogen) atoms. The molecule has 3 rings (SSSR count). The monoisotopic (exact) mass is 413 g/mol. The summed E-state index contributed by atoms with van der Waals surface area (Å²) in [7, 11) is 0. The van der Waals surface area contributed by atoms with Crippen LogP contribution in [-0.2, 0) is 19.1 Å². The van der Waals surface area contributed by atoms with E-state index in [1.165, 1.54) is 19.2 Å². The van der Waals surface area contributed by atoms with Gasteiger partial charge in [-0.3, -0.25) is 9.59 Å². The van der Waals surface area contributed by atoms with Gasteiger partial charge in [0.05, 0.1) is 30.7 Å². The van der Waals surface area contributed by atoms with Crippen LogP contribution in [0.2, 0.25) is 0 Å². The molecule has 1 aliphatic rings. The van der Waals surface area contributed by atoms with Crippen LogP contribution in [0.1, 0.15) is 23.2 Å². The second kappa shape index (κ2) is 10.4. The molecule has 0 bridgehead atoms. The zero-order valence-corrected chi connectivity index (χ0v) is 16.6. The first kappa shape index (κ1) is 21.3. The Hall–Kier alpha value is -3.46. The van der Waals surface area contributed by atoms with Crippen molar-refractivity contribution in [3.8, 4) is 5.75 Å². The van der Waals surface area contributed by atoms with Gasteiger partial charge in [0.15, 0.2) is 5.78 Å². The molecule has 0 saturated carbocycles. The number of para-hydroxylation sites is 1. The van der Waals surface area contributed by atoms with Crippen molar-refractivity contribution in [2.75, 3.05) is 39.5 Å². The fraction of sp³-hybridized carbons (Fsp3) is 0.333. The molecule has 1 aliphatic heterocycles. The molecule has 2 aromatic rings. The van der Waals surface area contributed by atoms with Gasteiger partial charge < -0.3 is 24.1 Å².